The van der Waals surface area contributed by atoms with Gasteiger partial charge in [0.15, 0.2) is 22.1 Å². The number of carbonyl (C=O) groups excluding carboxylic acids is 1. The zero-order valence-electron chi connectivity index (χ0n) is 22.2. The van der Waals surface area contributed by atoms with E-state index in [1.54, 1.807) is 23.6 Å². The van der Waals surface area contributed by atoms with Crippen molar-refractivity contribution in [1.29, 1.82) is 0 Å². The van der Waals surface area contributed by atoms with Gasteiger partial charge in [-0.2, -0.15) is 0 Å². The lowest BCUT2D eigenvalue weighted by Gasteiger charge is -2.26. The molecule has 2 aromatic heterocycles. The Morgan fingerprint density at radius 3 is 2.42 bits per heavy atom. The Kier molecular flexibility index (Phi) is 6.71. The highest BCUT2D eigenvalue weighted by Crippen LogP contribution is 2.42. The summed E-state index contributed by atoms with van der Waals surface area (Å²) < 4.78 is 20.8. The average Bonchev–Trinajstić information content (AvgIpc) is 3.41. The second-order valence-corrected chi connectivity index (χ2v) is 10.0. The lowest BCUT2D eigenvalue weighted by Crippen LogP contribution is -2.39. The molecule has 9 heteroatoms. The molecule has 8 nitrogen and oxygen atoms in total. The van der Waals surface area contributed by atoms with E-state index in [2.05, 4.69) is 0 Å². The van der Waals surface area contributed by atoms with Crippen molar-refractivity contribution < 1.29 is 19.0 Å². The molecule has 3 heterocycles. The number of para-hydroxylation sites is 1. The van der Waals surface area contributed by atoms with E-state index in [9.17, 15) is 9.59 Å². The van der Waals surface area contributed by atoms with Gasteiger partial charge in [-0.25, -0.2) is 4.99 Å². The third-order valence-electron chi connectivity index (χ3n) is 6.86. The summed E-state index contributed by atoms with van der Waals surface area (Å²) in [6.45, 7) is 3.62. The topological polar surface area (TPSA) is 84.1 Å². The van der Waals surface area contributed by atoms with Crippen molar-refractivity contribution in [1.82, 2.24) is 9.13 Å². The first kappa shape index (κ1) is 25.5. The number of aryl methyl sites for hydroxylation is 1. The Morgan fingerprint density at radius 2 is 1.79 bits per heavy atom. The molecule has 0 aliphatic carbocycles. The Morgan fingerprint density at radius 1 is 1.11 bits per heavy atom. The lowest BCUT2D eigenvalue weighted by atomic mass is 9.91. The summed E-state index contributed by atoms with van der Waals surface area (Å²) in [6, 6.07) is 10.9. The Hall–Kier alpha value is -4.11. The molecule has 5 rings (SSSR count). The molecule has 1 atom stereocenters. The molecule has 0 saturated heterocycles. The van der Waals surface area contributed by atoms with E-state index in [1.165, 1.54) is 32.7 Å². The van der Waals surface area contributed by atoms with E-state index in [-0.39, 0.29) is 17.8 Å². The molecule has 4 aromatic rings. The lowest BCUT2D eigenvalue weighted by molar-refractivity contribution is -0.115. The van der Waals surface area contributed by atoms with E-state index in [4.69, 9.17) is 19.2 Å². The van der Waals surface area contributed by atoms with Crippen molar-refractivity contribution in [3.63, 3.8) is 0 Å². The van der Waals surface area contributed by atoms with Gasteiger partial charge in [-0.3, -0.25) is 14.2 Å². The highest BCUT2D eigenvalue weighted by Gasteiger charge is 2.33. The molecule has 0 spiro atoms. The fourth-order valence-electron chi connectivity index (χ4n) is 5.07. The molecule has 0 fully saturated rings. The van der Waals surface area contributed by atoms with E-state index in [0.717, 1.165) is 16.5 Å². The Balaban J connectivity index is 1.79. The van der Waals surface area contributed by atoms with Crippen molar-refractivity contribution in [3.05, 3.63) is 84.7 Å². The highest BCUT2D eigenvalue weighted by atomic mass is 32.1. The molecule has 38 heavy (non-hydrogen) atoms. The van der Waals surface area contributed by atoms with Crippen LogP contribution in [0.4, 0.5) is 0 Å². The van der Waals surface area contributed by atoms with E-state index < -0.39 is 6.04 Å². The van der Waals surface area contributed by atoms with Gasteiger partial charge in [-0.05, 0) is 36.8 Å². The maximum absolute atomic E-state index is 14.0. The smallest absolute Gasteiger partial charge is 0.271 e. The van der Waals surface area contributed by atoms with Gasteiger partial charge in [-0.15, -0.1) is 0 Å². The van der Waals surface area contributed by atoms with Gasteiger partial charge in [0.2, 0.25) is 5.75 Å². The largest absolute Gasteiger partial charge is 0.493 e. The molecule has 1 unspecified atom stereocenters. The van der Waals surface area contributed by atoms with Crippen LogP contribution in [0.15, 0.2) is 63.7 Å². The molecule has 196 valence electrons. The number of fused-ring (bicyclic) bond motifs is 2. The summed E-state index contributed by atoms with van der Waals surface area (Å²) in [5.74, 6) is 1.25. The number of hydrogen-bond donors (Lipinski definition) is 0. The van der Waals surface area contributed by atoms with Gasteiger partial charge >= 0.3 is 0 Å². The molecule has 0 amide bonds. The summed E-state index contributed by atoms with van der Waals surface area (Å²) in [4.78, 5) is 32.5. The summed E-state index contributed by atoms with van der Waals surface area (Å²) in [5, 5.41) is 1.06. The predicted octanol–water partition coefficient (Wildman–Crippen LogP) is 3.73. The minimum absolute atomic E-state index is 0.0756. The molecule has 0 bridgehead atoms. The van der Waals surface area contributed by atoms with Gasteiger partial charge in [0.1, 0.15) is 0 Å². The zero-order chi connectivity index (χ0) is 27.1. The fourth-order valence-corrected chi connectivity index (χ4v) is 6.11. The summed E-state index contributed by atoms with van der Waals surface area (Å²) in [5.41, 5.74) is 3.55. The number of ether oxygens (including phenoxy) is 3. The van der Waals surface area contributed by atoms with Crippen LogP contribution in [-0.4, -0.2) is 36.2 Å². The van der Waals surface area contributed by atoms with Crippen LogP contribution in [0.25, 0.3) is 17.0 Å². The number of rotatable bonds is 7. The predicted molar refractivity (Wildman–Crippen MR) is 148 cm³/mol. The second-order valence-electron chi connectivity index (χ2n) is 9.03. The van der Waals surface area contributed by atoms with Crippen molar-refractivity contribution in [3.8, 4) is 17.2 Å². The molecule has 0 radical (unpaired) electrons. The minimum Gasteiger partial charge on any atom is -0.493 e. The van der Waals surface area contributed by atoms with Crippen LogP contribution < -0.4 is 29.1 Å². The molecule has 0 saturated carbocycles. The molecular weight excluding hydrogens is 502 g/mol. The fraction of sp³-hybridized carbons (Fsp3) is 0.276. The number of ketones is 1. The third-order valence-corrected chi connectivity index (χ3v) is 7.84. The average molecular weight is 532 g/mol. The number of allylic oxidation sites excluding steroid dienone is 2. The van der Waals surface area contributed by atoms with Crippen LogP contribution in [0.5, 0.6) is 17.2 Å². The van der Waals surface area contributed by atoms with Crippen LogP contribution in [0.2, 0.25) is 0 Å². The normalized spacial score (nSPS) is 15.4. The minimum atomic E-state index is -0.693. The number of aromatic nitrogens is 2. The van der Waals surface area contributed by atoms with Crippen molar-refractivity contribution in [2.45, 2.75) is 26.3 Å². The number of carbonyl (C=O) groups is 1. The zero-order valence-corrected chi connectivity index (χ0v) is 23.0. The van der Waals surface area contributed by atoms with Crippen molar-refractivity contribution in [2.24, 2.45) is 12.0 Å². The first-order valence-corrected chi connectivity index (χ1v) is 13.0. The maximum Gasteiger partial charge on any atom is 0.271 e. The quantitative estimate of drug-likeness (QED) is 0.363. The molecular formula is C29H29N3O5S. The van der Waals surface area contributed by atoms with Gasteiger partial charge in [0.05, 0.1) is 31.9 Å². The molecule has 1 aliphatic heterocycles. The van der Waals surface area contributed by atoms with E-state index >= 15 is 0 Å². The number of benzene rings is 2. The summed E-state index contributed by atoms with van der Waals surface area (Å²) >= 11 is 1.31. The standard InChI is InChI=1S/C29H29N3O5S/c1-7-21(33)25-16(2)30-29-32(26(25)17-12-22(35-4)27(37-6)23(13-17)36-5)28(34)24(38-29)14-18-15-31(3)20-11-9-8-10-19(18)20/h8-15,26H,7H2,1-6H3. The number of hydrogen-bond acceptors (Lipinski definition) is 7. The summed E-state index contributed by atoms with van der Waals surface area (Å²) in [7, 11) is 6.59. The van der Waals surface area contributed by atoms with Crippen molar-refractivity contribution in [2.75, 3.05) is 21.3 Å². The van der Waals surface area contributed by atoms with E-state index in [0.29, 0.717) is 43.4 Å². The van der Waals surface area contributed by atoms with Crippen molar-refractivity contribution >= 4 is 34.1 Å². The van der Waals surface area contributed by atoms with Crippen LogP contribution in [0, 0.1) is 0 Å². The highest BCUT2D eigenvalue weighted by molar-refractivity contribution is 7.07. The van der Waals surface area contributed by atoms with Gasteiger partial charge in [0, 0.05) is 47.4 Å². The van der Waals surface area contributed by atoms with Crippen LogP contribution in [0.3, 0.4) is 0 Å². The van der Waals surface area contributed by atoms with Crippen LogP contribution in [-0.2, 0) is 11.8 Å². The second kappa shape index (κ2) is 9.98. The number of Topliss-reactive ketones (excluding diaryl/α,β-unsaturated/α-hetero) is 1. The van der Waals surface area contributed by atoms with E-state index in [1.807, 2.05) is 55.1 Å². The van der Waals surface area contributed by atoms with Crippen LogP contribution >= 0.6 is 11.3 Å². The Labute approximate surface area is 223 Å². The Bertz CT molecular complexity index is 1770. The summed E-state index contributed by atoms with van der Waals surface area (Å²) in [6.07, 6.45) is 4.20. The maximum atomic E-state index is 14.0. The van der Waals surface area contributed by atoms with Gasteiger partial charge in [-0.1, -0.05) is 36.5 Å². The van der Waals surface area contributed by atoms with Gasteiger partial charge < -0.3 is 18.8 Å². The number of methoxy groups -OCH3 is 3. The number of thiazole rings is 1. The molecule has 1 aliphatic rings. The first-order valence-electron chi connectivity index (χ1n) is 12.2. The molecule has 2 aromatic carbocycles. The monoisotopic (exact) mass is 531 g/mol. The number of nitrogens with zero attached hydrogens (tertiary/aromatic N) is 3. The third kappa shape index (κ3) is 4.03. The SMILES string of the molecule is CCC(=O)C1=C(C)N=c2sc(=Cc3cn(C)c4ccccc34)c(=O)n2C1c1cc(OC)c(OC)c(OC)c1. The first-order chi connectivity index (χ1) is 18.3. The molecule has 0 N–H and O–H groups in total. The van der Waals surface area contributed by atoms with Gasteiger partial charge in [0.25, 0.3) is 5.56 Å². The van der Waals surface area contributed by atoms with Crippen LogP contribution in [0.1, 0.15) is 37.4 Å².